The molecule has 0 aromatic heterocycles. The van der Waals surface area contributed by atoms with E-state index in [0.29, 0.717) is 28.8 Å². The number of rotatable bonds is 6. The van der Waals surface area contributed by atoms with E-state index in [-0.39, 0.29) is 19.1 Å². The molecule has 0 saturated carbocycles. The summed E-state index contributed by atoms with van der Waals surface area (Å²) in [5.74, 6) is -0.262. The molecule has 4 nitrogen and oxygen atoms in total. The van der Waals surface area contributed by atoms with Crippen molar-refractivity contribution in [1.82, 2.24) is 5.32 Å². The third kappa shape index (κ3) is 5.37. The van der Waals surface area contributed by atoms with Gasteiger partial charge in [-0.3, -0.25) is 4.79 Å². The molecule has 0 aliphatic rings. The van der Waals surface area contributed by atoms with Gasteiger partial charge in [0, 0.05) is 22.2 Å². The van der Waals surface area contributed by atoms with Gasteiger partial charge in [0.05, 0.1) is 19.8 Å². The highest BCUT2D eigenvalue weighted by Gasteiger charge is 2.06. The first-order valence-corrected chi connectivity index (χ1v) is 5.82. The zero-order chi connectivity index (χ0) is 12.7. The maximum Gasteiger partial charge on any atom is 0.251 e. The van der Waals surface area contributed by atoms with Crippen molar-refractivity contribution in [3.8, 4) is 0 Å². The van der Waals surface area contributed by atoms with E-state index in [2.05, 4.69) is 5.32 Å². The quantitative estimate of drug-likeness (QED) is 0.779. The van der Waals surface area contributed by atoms with Gasteiger partial charge in [0.1, 0.15) is 0 Å². The standard InChI is InChI=1S/C11H13Cl2NO3/c12-9-5-8(6-10(13)7-9)11(16)14-1-3-17-4-2-15/h5-7,15H,1-4H2,(H,14,16). The molecule has 0 spiro atoms. The van der Waals surface area contributed by atoms with Crippen LogP contribution < -0.4 is 5.32 Å². The van der Waals surface area contributed by atoms with Gasteiger partial charge in [-0.05, 0) is 18.2 Å². The first-order valence-electron chi connectivity index (χ1n) is 5.06. The number of carbonyl (C=O) groups excluding carboxylic acids is 1. The molecule has 0 aliphatic carbocycles. The summed E-state index contributed by atoms with van der Waals surface area (Å²) in [6, 6.07) is 4.64. The van der Waals surface area contributed by atoms with Crippen molar-refractivity contribution in [1.29, 1.82) is 0 Å². The van der Waals surface area contributed by atoms with Gasteiger partial charge in [-0.15, -0.1) is 0 Å². The molecule has 17 heavy (non-hydrogen) atoms. The number of carbonyl (C=O) groups is 1. The summed E-state index contributed by atoms with van der Waals surface area (Å²) in [6.07, 6.45) is 0. The normalized spacial score (nSPS) is 10.3. The molecule has 0 bridgehead atoms. The molecular formula is C11H13Cl2NO3. The van der Waals surface area contributed by atoms with Crippen LogP contribution in [0.1, 0.15) is 10.4 Å². The lowest BCUT2D eigenvalue weighted by molar-refractivity contribution is 0.0838. The maximum atomic E-state index is 11.6. The van der Waals surface area contributed by atoms with E-state index >= 15 is 0 Å². The van der Waals surface area contributed by atoms with Gasteiger partial charge in [-0.1, -0.05) is 23.2 Å². The Balaban J connectivity index is 2.41. The van der Waals surface area contributed by atoms with Gasteiger partial charge in [0.25, 0.3) is 5.91 Å². The van der Waals surface area contributed by atoms with Crippen LogP contribution >= 0.6 is 23.2 Å². The zero-order valence-electron chi connectivity index (χ0n) is 9.08. The van der Waals surface area contributed by atoms with Crippen LogP contribution in [0.2, 0.25) is 10.0 Å². The lowest BCUT2D eigenvalue weighted by atomic mass is 10.2. The molecule has 0 heterocycles. The fourth-order valence-electron chi connectivity index (χ4n) is 1.19. The number of nitrogens with one attached hydrogen (secondary N) is 1. The van der Waals surface area contributed by atoms with E-state index < -0.39 is 0 Å². The number of benzene rings is 1. The smallest absolute Gasteiger partial charge is 0.251 e. The molecule has 94 valence electrons. The summed E-state index contributed by atoms with van der Waals surface area (Å²) in [5.41, 5.74) is 0.407. The number of halogens is 2. The number of amides is 1. The Morgan fingerprint density at radius 3 is 2.47 bits per heavy atom. The maximum absolute atomic E-state index is 11.6. The van der Waals surface area contributed by atoms with E-state index in [1.165, 1.54) is 12.1 Å². The molecular weight excluding hydrogens is 265 g/mol. The molecule has 0 fully saturated rings. The van der Waals surface area contributed by atoms with Crippen LogP contribution in [-0.2, 0) is 4.74 Å². The molecule has 1 aromatic carbocycles. The first-order chi connectivity index (χ1) is 8.13. The van der Waals surface area contributed by atoms with Gasteiger partial charge < -0.3 is 15.2 Å². The molecule has 1 rings (SSSR count). The first kappa shape index (κ1) is 14.3. The van der Waals surface area contributed by atoms with Crippen LogP contribution in [0.15, 0.2) is 18.2 Å². The van der Waals surface area contributed by atoms with Crippen molar-refractivity contribution in [2.45, 2.75) is 0 Å². The summed E-state index contributed by atoms with van der Waals surface area (Å²) in [4.78, 5) is 11.6. The van der Waals surface area contributed by atoms with Gasteiger partial charge in [-0.25, -0.2) is 0 Å². The van der Waals surface area contributed by atoms with Crippen molar-refractivity contribution < 1.29 is 14.6 Å². The lowest BCUT2D eigenvalue weighted by Gasteiger charge is -2.06. The Labute approximate surface area is 109 Å². The topological polar surface area (TPSA) is 58.6 Å². The van der Waals surface area contributed by atoms with E-state index in [0.717, 1.165) is 0 Å². The minimum Gasteiger partial charge on any atom is -0.394 e. The van der Waals surface area contributed by atoms with E-state index in [1.54, 1.807) is 6.07 Å². The Morgan fingerprint density at radius 2 is 1.88 bits per heavy atom. The number of aliphatic hydroxyl groups excluding tert-OH is 1. The van der Waals surface area contributed by atoms with Crippen molar-refractivity contribution in [3.63, 3.8) is 0 Å². The predicted octanol–water partition coefficient (Wildman–Crippen LogP) is 1.73. The average molecular weight is 278 g/mol. The van der Waals surface area contributed by atoms with Gasteiger partial charge in [0.15, 0.2) is 0 Å². The molecule has 1 aromatic rings. The summed E-state index contributed by atoms with van der Waals surface area (Å²) < 4.78 is 5.00. The monoisotopic (exact) mass is 277 g/mol. The number of ether oxygens (including phenoxy) is 1. The second-order valence-corrected chi connectivity index (χ2v) is 4.12. The summed E-state index contributed by atoms with van der Waals surface area (Å²) in [7, 11) is 0. The second-order valence-electron chi connectivity index (χ2n) is 3.25. The molecule has 0 aliphatic heterocycles. The van der Waals surface area contributed by atoms with Crippen LogP contribution in [0.5, 0.6) is 0 Å². The van der Waals surface area contributed by atoms with Crippen LogP contribution in [0.3, 0.4) is 0 Å². The Kier molecular flexibility index (Phi) is 6.29. The second kappa shape index (κ2) is 7.50. The zero-order valence-corrected chi connectivity index (χ0v) is 10.6. The van der Waals surface area contributed by atoms with Crippen molar-refractivity contribution >= 4 is 29.1 Å². The summed E-state index contributed by atoms with van der Waals surface area (Å²) >= 11 is 11.6. The number of hydrogen-bond donors (Lipinski definition) is 2. The highest BCUT2D eigenvalue weighted by atomic mass is 35.5. The number of aliphatic hydroxyl groups is 1. The van der Waals surface area contributed by atoms with Crippen molar-refractivity contribution in [3.05, 3.63) is 33.8 Å². The fourth-order valence-corrected chi connectivity index (χ4v) is 1.72. The van der Waals surface area contributed by atoms with Crippen molar-refractivity contribution in [2.24, 2.45) is 0 Å². The van der Waals surface area contributed by atoms with Gasteiger partial charge in [0.2, 0.25) is 0 Å². The predicted molar refractivity (Wildman–Crippen MR) is 66.7 cm³/mol. The van der Waals surface area contributed by atoms with Gasteiger partial charge in [-0.2, -0.15) is 0 Å². The Hall–Kier alpha value is -0.810. The van der Waals surface area contributed by atoms with Crippen molar-refractivity contribution in [2.75, 3.05) is 26.4 Å². The molecule has 0 saturated heterocycles. The Morgan fingerprint density at radius 1 is 1.24 bits per heavy atom. The molecule has 0 atom stereocenters. The van der Waals surface area contributed by atoms with Crippen LogP contribution in [0.25, 0.3) is 0 Å². The van der Waals surface area contributed by atoms with E-state index in [1.807, 2.05) is 0 Å². The van der Waals surface area contributed by atoms with E-state index in [4.69, 9.17) is 33.0 Å². The fraction of sp³-hybridized carbons (Fsp3) is 0.364. The largest absolute Gasteiger partial charge is 0.394 e. The third-order valence-electron chi connectivity index (χ3n) is 1.89. The van der Waals surface area contributed by atoms with Crippen LogP contribution in [-0.4, -0.2) is 37.4 Å². The average Bonchev–Trinajstić information content (AvgIpc) is 2.27. The van der Waals surface area contributed by atoms with Crippen LogP contribution in [0, 0.1) is 0 Å². The van der Waals surface area contributed by atoms with Crippen LogP contribution in [0.4, 0.5) is 0 Å². The summed E-state index contributed by atoms with van der Waals surface area (Å²) in [6.45, 7) is 0.945. The Bertz CT molecular complexity index is 365. The minimum atomic E-state index is -0.262. The lowest BCUT2D eigenvalue weighted by Crippen LogP contribution is -2.27. The highest BCUT2D eigenvalue weighted by Crippen LogP contribution is 2.18. The van der Waals surface area contributed by atoms with Gasteiger partial charge >= 0.3 is 0 Å². The van der Waals surface area contributed by atoms with E-state index in [9.17, 15) is 4.79 Å². The minimum absolute atomic E-state index is 0.0299. The molecule has 6 heteroatoms. The SMILES string of the molecule is O=C(NCCOCCO)c1cc(Cl)cc(Cl)c1. The highest BCUT2D eigenvalue weighted by molar-refractivity contribution is 6.35. The number of hydrogen-bond acceptors (Lipinski definition) is 3. The third-order valence-corrected chi connectivity index (χ3v) is 2.33. The molecule has 1 amide bonds. The molecule has 0 radical (unpaired) electrons. The summed E-state index contributed by atoms with van der Waals surface area (Å²) in [5, 5.41) is 12.0. The molecule has 2 N–H and O–H groups in total. The molecule has 0 unspecified atom stereocenters.